The number of fused-ring (bicyclic) bond motifs is 6. The maximum Gasteiger partial charge on any atom is 0.272 e. The molecule has 0 saturated carbocycles. The second kappa shape index (κ2) is 6.03. The van der Waals surface area contributed by atoms with Crippen LogP contribution in [0, 0.1) is 0 Å². The fourth-order valence-corrected chi connectivity index (χ4v) is 7.48. The highest BCUT2D eigenvalue weighted by atomic mass is 14.9. The Balaban J connectivity index is 1.56. The van der Waals surface area contributed by atoms with Crippen molar-refractivity contribution in [1.29, 1.82) is 0 Å². The minimum absolute atomic E-state index is 0.232. The maximum absolute atomic E-state index is 2.82. The van der Waals surface area contributed by atoms with Crippen LogP contribution in [0.5, 0.6) is 0 Å². The van der Waals surface area contributed by atoms with E-state index < -0.39 is 0 Å². The fraction of sp³-hybridized carbons (Fsp3) is 0. The standard InChI is InChI=1S/C30H18B3N/c1-7-19-8-2-14-23-28(19)22(13-1)31-24-15-3-9-20-10-4-16-25(29(20)24)33-27-18-6-12-21-11-5-17-26(30(21)27)32(23)34(31)33/h1-18H. The van der Waals surface area contributed by atoms with Crippen LogP contribution in [-0.2, 0) is 0 Å². The van der Waals surface area contributed by atoms with Gasteiger partial charge in [-0.2, -0.15) is 0 Å². The summed E-state index contributed by atoms with van der Waals surface area (Å²) < 4.78 is 2.82. The molecular weight excluding hydrogens is 407 g/mol. The van der Waals surface area contributed by atoms with Gasteiger partial charge in [0.2, 0.25) is 0 Å². The summed E-state index contributed by atoms with van der Waals surface area (Å²) in [6, 6.07) is 41.4. The summed E-state index contributed by atoms with van der Waals surface area (Å²) in [7, 11) is 0. The van der Waals surface area contributed by atoms with Crippen molar-refractivity contribution in [3.05, 3.63) is 109 Å². The monoisotopic (exact) mass is 425 g/mol. The van der Waals surface area contributed by atoms with Gasteiger partial charge in [0.15, 0.2) is 0 Å². The first-order valence-corrected chi connectivity index (χ1v) is 12.2. The van der Waals surface area contributed by atoms with E-state index in [1.54, 1.807) is 0 Å². The Morgan fingerprint density at radius 1 is 0.324 bits per heavy atom. The molecule has 3 heterocycles. The van der Waals surface area contributed by atoms with Crippen molar-refractivity contribution in [2.45, 2.75) is 0 Å². The molecule has 0 spiro atoms. The number of hydrogen-bond acceptors (Lipinski definition) is 1. The van der Waals surface area contributed by atoms with Gasteiger partial charge in [-0.15, -0.1) is 0 Å². The van der Waals surface area contributed by atoms with Crippen LogP contribution in [0.25, 0.3) is 32.3 Å². The van der Waals surface area contributed by atoms with E-state index >= 15 is 0 Å². The van der Waals surface area contributed by atoms with E-state index in [0.29, 0.717) is 0 Å². The maximum atomic E-state index is 2.82. The molecule has 0 unspecified atom stereocenters. The number of benzene rings is 6. The Labute approximate surface area is 199 Å². The van der Waals surface area contributed by atoms with Gasteiger partial charge in [-0.1, -0.05) is 142 Å². The Morgan fingerprint density at radius 2 is 0.559 bits per heavy atom. The average Bonchev–Trinajstić information content (AvgIpc) is 2.89. The van der Waals surface area contributed by atoms with Crippen molar-refractivity contribution >= 4 is 85.6 Å². The van der Waals surface area contributed by atoms with Gasteiger partial charge in [-0.25, -0.2) is 0 Å². The van der Waals surface area contributed by atoms with E-state index in [2.05, 4.69) is 114 Å². The smallest absolute Gasteiger partial charge is 0.272 e. The summed E-state index contributed by atoms with van der Waals surface area (Å²) in [6.45, 7) is 0.697. The molecule has 0 saturated heterocycles. The molecule has 0 amide bonds. The lowest BCUT2D eigenvalue weighted by molar-refractivity contribution is 1.05. The van der Waals surface area contributed by atoms with Gasteiger partial charge in [0.05, 0.1) is 0 Å². The second-order valence-electron chi connectivity index (χ2n) is 10.0. The van der Waals surface area contributed by atoms with Crippen molar-refractivity contribution in [3.63, 3.8) is 0 Å². The summed E-state index contributed by atoms with van der Waals surface area (Å²) in [5, 5.41) is 8.39. The average molecular weight is 425 g/mol. The molecule has 6 aromatic carbocycles. The van der Waals surface area contributed by atoms with E-state index in [0.717, 1.165) is 0 Å². The molecular formula is C30H18B3N. The van der Waals surface area contributed by atoms with Crippen LogP contribution in [0.2, 0.25) is 0 Å². The summed E-state index contributed by atoms with van der Waals surface area (Å²) in [6.07, 6.45) is 0. The second-order valence-corrected chi connectivity index (χ2v) is 10.0. The molecule has 0 atom stereocenters. The fourth-order valence-electron chi connectivity index (χ4n) is 7.48. The van der Waals surface area contributed by atoms with Crippen LogP contribution in [-0.4, -0.2) is 25.2 Å². The first kappa shape index (κ1) is 17.7. The van der Waals surface area contributed by atoms with E-state index in [1.807, 2.05) is 0 Å². The van der Waals surface area contributed by atoms with Crippen molar-refractivity contribution < 1.29 is 0 Å². The summed E-state index contributed by atoms with van der Waals surface area (Å²) >= 11 is 0. The molecule has 9 rings (SSSR count). The molecule has 0 N–H and O–H groups in total. The summed E-state index contributed by atoms with van der Waals surface area (Å²) in [5.41, 5.74) is 8.68. The minimum Gasteiger partial charge on any atom is -0.402 e. The van der Waals surface area contributed by atoms with Gasteiger partial charge in [0.25, 0.3) is 20.5 Å². The topological polar surface area (TPSA) is 3.24 Å². The third kappa shape index (κ3) is 1.93. The zero-order chi connectivity index (χ0) is 22.0. The van der Waals surface area contributed by atoms with Gasteiger partial charge >= 0.3 is 0 Å². The Kier molecular flexibility index (Phi) is 3.14. The molecule has 0 fully saturated rings. The predicted molar refractivity (Wildman–Crippen MR) is 149 cm³/mol. The zero-order valence-corrected chi connectivity index (χ0v) is 18.6. The molecule has 6 aromatic rings. The molecule has 34 heavy (non-hydrogen) atoms. The SMILES string of the molecule is c1cc2c3c(cccc3c1)B1c3cccc4cccc(c34)B3c4cccc5cccc(c45)B2N13. The van der Waals surface area contributed by atoms with Gasteiger partial charge in [0, 0.05) is 0 Å². The molecule has 0 radical (unpaired) electrons. The van der Waals surface area contributed by atoms with Gasteiger partial charge in [-0.3, -0.25) is 0 Å². The van der Waals surface area contributed by atoms with Crippen molar-refractivity contribution in [2.24, 2.45) is 0 Å². The zero-order valence-electron chi connectivity index (χ0n) is 18.6. The molecule has 0 bridgehead atoms. The lowest BCUT2D eigenvalue weighted by atomic mass is 9.20. The molecule has 152 valence electrons. The summed E-state index contributed by atoms with van der Waals surface area (Å²) in [5.74, 6) is 0. The lowest BCUT2D eigenvalue weighted by Gasteiger charge is -2.50. The lowest BCUT2D eigenvalue weighted by Crippen LogP contribution is -2.84. The molecule has 1 nitrogen and oxygen atoms in total. The van der Waals surface area contributed by atoms with Crippen molar-refractivity contribution in [2.75, 3.05) is 0 Å². The quantitative estimate of drug-likeness (QED) is 0.338. The van der Waals surface area contributed by atoms with Crippen LogP contribution in [0.15, 0.2) is 109 Å². The highest BCUT2D eigenvalue weighted by Gasteiger charge is 2.53. The highest BCUT2D eigenvalue weighted by Crippen LogP contribution is 2.29. The Hall–Kier alpha value is -3.75. The van der Waals surface area contributed by atoms with Crippen molar-refractivity contribution in [3.8, 4) is 0 Å². The minimum atomic E-state index is 0.232. The van der Waals surface area contributed by atoms with Gasteiger partial charge < -0.3 is 4.63 Å². The molecule has 4 heteroatoms. The first-order chi connectivity index (χ1) is 16.9. The third-order valence-corrected chi connectivity index (χ3v) is 8.57. The molecule has 0 aromatic heterocycles. The van der Waals surface area contributed by atoms with E-state index in [-0.39, 0.29) is 20.5 Å². The highest BCUT2D eigenvalue weighted by molar-refractivity contribution is 7.16. The van der Waals surface area contributed by atoms with E-state index in [9.17, 15) is 0 Å². The van der Waals surface area contributed by atoms with Crippen molar-refractivity contribution in [1.82, 2.24) is 4.63 Å². The molecule has 3 aliphatic heterocycles. The predicted octanol–water partition coefficient (Wildman–Crippen LogP) is 2.11. The van der Waals surface area contributed by atoms with Crippen LogP contribution < -0.4 is 32.8 Å². The van der Waals surface area contributed by atoms with E-state index in [4.69, 9.17) is 0 Å². The van der Waals surface area contributed by atoms with Gasteiger partial charge in [0.1, 0.15) is 0 Å². The normalized spacial score (nSPS) is 15.4. The molecule has 3 aliphatic rings. The number of hydrogen-bond donors (Lipinski definition) is 0. The largest absolute Gasteiger partial charge is 0.402 e. The van der Waals surface area contributed by atoms with Crippen LogP contribution in [0.4, 0.5) is 0 Å². The van der Waals surface area contributed by atoms with Gasteiger partial charge in [-0.05, 0) is 32.3 Å². The first-order valence-electron chi connectivity index (χ1n) is 12.2. The van der Waals surface area contributed by atoms with Crippen LogP contribution >= 0.6 is 0 Å². The number of nitrogens with zero attached hydrogens (tertiary/aromatic N) is 1. The van der Waals surface area contributed by atoms with E-state index in [1.165, 1.54) is 65.1 Å². The Bertz CT molecular complexity index is 1530. The van der Waals surface area contributed by atoms with Crippen LogP contribution in [0.1, 0.15) is 0 Å². The van der Waals surface area contributed by atoms with Crippen LogP contribution in [0.3, 0.4) is 0 Å². The Morgan fingerprint density at radius 3 is 0.794 bits per heavy atom. The molecule has 0 aliphatic carbocycles. The third-order valence-electron chi connectivity index (χ3n) is 8.57. The summed E-state index contributed by atoms with van der Waals surface area (Å²) in [4.78, 5) is 0. The number of rotatable bonds is 0.